The predicted octanol–water partition coefficient (Wildman–Crippen LogP) is 0.824. The molecule has 1 atom stereocenters. The monoisotopic (exact) mass is 328 g/mol. The summed E-state index contributed by atoms with van der Waals surface area (Å²) in [6.07, 6.45) is 0. The lowest BCUT2D eigenvalue weighted by Gasteiger charge is -2.11. The molecule has 0 spiro atoms. The fourth-order valence-electron chi connectivity index (χ4n) is 1.49. The van der Waals surface area contributed by atoms with Crippen LogP contribution in [0.4, 0.5) is 0 Å². The molecule has 0 radical (unpaired) electrons. The van der Waals surface area contributed by atoms with E-state index in [1.54, 1.807) is 0 Å². The van der Waals surface area contributed by atoms with Crippen LogP contribution in [0, 0.1) is 5.92 Å². The molecule has 22 heavy (non-hydrogen) atoms. The van der Waals surface area contributed by atoms with Crippen molar-refractivity contribution < 1.29 is 23.1 Å². The molecule has 1 aromatic rings. The minimum atomic E-state index is -3.61. The third kappa shape index (κ3) is 5.12. The molecule has 122 valence electrons. The van der Waals surface area contributed by atoms with Crippen molar-refractivity contribution in [1.82, 2.24) is 10.0 Å². The van der Waals surface area contributed by atoms with Crippen LogP contribution >= 0.6 is 0 Å². The fraction of sp³-hybridized carbons (Fsp3) is 0.429. The number of benzene rings is 1. The average Bonchev–Trinajstić information content (AvgIpc) is 2.45. The summed E-state index contributed by atoms with van der Waals surface area (Å²) >= 11 is 0. The van der Waals surface area contributed by atoms with Crippen LogP contribution in [0.2, 0.25) is 0 Å². The van der Waals surface area contributed by atoms with E-state index in [4.69, 9.17) is 5.11 Å². The van der Waals surface area contributed by atoms with Crippen molar-refractivity contribution in [2.75, 3.05) is 6.54 Å². The van der Waals surface area contributed by atoms with Crippen molar-refractivity contribution in [1.29, 1.82) is 0 Å². The number of carboxylic acids is 1. The summed E-state index contributed by atoms with van der Waals surface area (Å²) in [4.78, 5) is 22.5. The molecule has 7 nitrogen and oxygen atoms in total. The highest BCUT2D eigenvalue weighted by atomic mass is 32.2. The Kier molecular flexibility index (Phi) is 6.07. The summed E-state index contributed by atoms with van der Waals surface area (Å²) in [7, 11) is -3.61. The second-order valence-corrected chi connectivity index (χ2v) is 7.07. The summed E-state index contributed by atoms with van der Waals surface area (Å²) < 4.78 is 26.5. The molecule has 0 heterocycles. The van der Waals surface area contributed by atoms with Gasteiger partial charge in [0, 0.05) is 12.1 Å². The van der Waals surface area contributed by atoms with Crippen LogP contribution in [0.5, 0.6) is 0 Å². The second kappa shape index (κ2) is 7.37. The molecule has 1 rings (SSSR count). The van der Waals surface area contributed by atoms with Gasteiger partial charge in [0.2, 0.25) is 10.0 Å². The quantitative estimate of drug-likeness (QED) is 0.686. The SMILES string of the molecule is CC(C)CNS(=O)(=O)c1ccc(C(=O)N[C@@H](C)C(=O)O)cc1. The van der Waals surface area contributed by atoms with E-state index in [9.17, 15) is 18.0 Å². The number of amides is 1. The van der Waals surface area contributed by atoms with E-state index < -0.39 is 27.9 Å². The first kappa shape index (κ1) is 18.1. The van der Waals surface area contributed by atoms with Gasteiger partial charge >= 0.3 is 5.97 Å². The van der Waals surface area contributed by atoms with Gasteiger partial charge in [0.05, 0.1) is 4.90 Å². The minimum Gasteiger partial charge on any atom is -0.480 e. The van der Waals surface area contributed by atoms with Crippen LogP contribution in [0.3, 0.4) is 0 Å². The summed E-state index contributed by atoms with van der Waals surface area (Å²) in [5.41, 5.74) is 0.191. The van der Waals surface area contributed by atoms with Gasteiger partial charge in [-0.05, 0) is 37.1 Å². The largest absolute Gasteiger partial charge is 0.480 e. The normalized spacial score (nSPS) is 12.9. The standard InChI is InChI=1S/C14H20N2O5S/c1-9(2)8-15-22(20,21)12-6-4-11(5-7-12)13(17)16-10(3)14(18)19/h4-7,9-10,15H,8H2,1-3H3,(H,16,17)(H,18,19)/t10-/m0/s1. The molecule has 0 unspecified atom stereocenters. The van der Waals surface area contributed by atoms with Crippen molar-refractivity contribution in [3.63, 3.8) is 0 Å². The molecule has 0 aromatic heterocycles. The zero-order valence-electron chi connectivity index (χ0n) is 12.7. The first-order valence-corrected chi connectivity index (χ1v) is 8.25. The number of carbonyl (C=O) groups excluding carboxylic acids is 1. The van der Waals surface area contributed by atoms with Gasteiger partial charge in [-0.1, -0.05) is 13.8 Å². The van der Waals surface area contributed by atoms with Gasteiger partial charge in [-0.25, -0.2) is 13.1 Å². The first-order valence-electron chi connectivity index (χ1n) is 6.77. The molecule has 0 bridgehead atoms. The van der Waals surface area contributed by atoms with Gasteiger partial charge in [0.25, 0.3) is 5.91 Å². The zero-order valence-corrected chi connectivity index (χ0v) is 13.5. The Morgan fingerprint density at radius 1 is 1.14 bits per heavy atom. The molecule has 0 aliphatic heterocycles. The Morgan fingerprint density at radius 2 is 1.68 bits per heavy atom. The van der Waals surface area contributed by atoms with E-state index in [1.165, 1.54) is 31.2 Å². The molecule has 8 heteroatoms. The second-order valence-electron chi connectivity index (χ2n) is 5.30. The van der Waals surface area contributed by atoms with Gasteiger partial charge in [0.15, 0.2) is 0 Å². The lowest BCUT2D eigenvalue weighted by atomic mass is 10.2. The van der Waals surface area contributed by atoms with E-state index in [0.717, 1.165) is 0 Å². The summed E-state index contributed by atoms with van der Waals surface area (Å²) in [6.45, 7) is 5.44. The molecular formula is C14H20N2O5S. The van der Waals surface area contributed by atoms with Crippen LogP contribution < -0.4 is 10.0 Å². The number of aliphatic carboxylic acids is 1. The maximum atomic E-state index is 12.0. The van der Waals surface area contributed by atoms with Crippen LogP contribution in [0.1, 0.15) is 31.1 Å². The highest BCUT2D eigenvalue weighted by Crippen LogP contribution is 2.11. The molecule has 0 saturated heterocycles. The lowest BCUT2D eigenvalue weighted by molar-refractivity contribution is -0.138. The van der Waals surface area contributed by atoms with Crippen molar-refractivity contribution in [3.8, 4) is 0 Å². The molecular weight excluding hydrogens is 308 g/mol. The van der Waals surface area contributed by atoms with Gasteiger partial charge < -0.3 is 10.4 Å². The highest BCUT2D eigenvalue weighted by Gasteiger charge is 2.17. The van der Waals surface area contributed by atoms with E-state index in [2.05, 4.69) is 10.0 Å². The number of carboxylic acid groups (broad SMARTS) is 1. The topological polar surface area (TPSA) is 113 Å². The average molecular weight is 328 g/mol. The molecule has 0 saturated carbocycles. The maximum Gasteiger partial charge on any atom is 0.325 e. The maximum absolute atomic E-state index is 12.0. The lowest BCUT2D eigenvalue weighted by Crippen LogP contribution is -2.38. The number of rotatable bonds is 7. The first-order chi connectivity index (χ1) is 10.1. The smallest absolute Gasteiger partial charge is 0.325 e. The minimum absolute atomic E-state index is 0.0518. The van der Waals surface area contributed by atoms with Crippen molar-refractivity contribution in [2.45, 2.75) is 31.7 Å². The predicted molar refractivity (Wildman–Crippen MR) is 81.0 cm³/mol. The third-order valence-corrected chi connectivity index (χ3v) is 4.27. The number of hydrogen-bond donors (Lipinski definition) is 3. The van der Waals surface area contributed by atoms with Crippen LogP contribution in [0.25, 0.3) is 0 Å². The molecule has 1 amide bonds. The Balaban J connectivity index is 2.82. The highest BCUT2D eigenvalue weighted by molar-refractivity contribution is 7.89. The summed E-state index contributed by atoms with van der Waals surface area (Å²) in [5, 5.41) is 11.0. The van der Waals surface area contributed by atoms with Gasteiger partial charge in [-0.2, -0.15) is 0 Å². The van der Waals surface area contributed by atoms with E-state index in [0.29, 0.717) is 6.54 Å². The van der Waals surface area contributed by atoms with E-state index >= 15 is 0 Å². The number of nitrogens with one attached hydrogen (secondary N) is 2. The Morgan fingerprint density at radius 3 is 2.14 bits per heavy atom. The van der Waals surface area contributed by atoms with Crippen LogP contribution in [-0.4, -0.2) is 38.0 Å². The van der Waals surface area contributed by atoms with Crippen molar-refractivity contribution >= 4 is 21.9 Å². The molecule has 0 aliphatic carbocycles. The number of carbonyl (C=O) groups is 2. The number of sulfonamides is 1. The van der Waals surface area contributed by atoms with Gasteiger partial charge in [-0.15, -0.1) is 0 Å². The van der Waals surface area contributed by atoms with Crippen LogP contribution in [-0.2, 0) is 14.8 Å². The van der Waals surface area contributed by atoms with Gasteiger partial charge in [0.1, 0.15) is 6.04 Å². The van der Waals surface area contributed by atoms with Crippen molar-refractivity contribution in [3.05, 3.63) is 29.8 Å². The fourth-order valence-corrected chi connectivity index (χ4v) is 2.70. The Bertz CT molecular complexity index is 638. The molecule has 0 fully saturated rings. The third-order valence-electron chi connectivity index (χ3n) is 2.83. The molecule has 3 N–H and O–H groups in total. The van der Waals surface area contributed by atoms with E-state index in [-0.39, 0.29) is 16.4 Å². The molecule has 0 aliphatic rings. The summed E-state index contributed by atoms with van der Waals surface area (Å²) in [6, 6.07) is 4.27. The Hall–Kier alpha value is -1.93. The zero-order chi connectivity index (χ0) is 16.9. The van der Waals surface area contributed by atoms with Gasteiger partial charge in [-0.3, -0.25) is 9.59 Å². The summed E-state index contributed by atoms with van der Waals surface area (Å²) in [5.74, 6) is -1.54. The Labute approximate surface area is 129 Å². The van der Waals surface area contributed by atoms with Crippen LogP contribution in [0.15, 0.2) is 29.2 Å². The molecule has 1 aromatic carbocycles. The van der Waals surface area contributed by atoms with Crippen molar-refractivity contribution in [2.24, 2.45) is 5.92 Å². The number of hydrogen-bond acceptors (Lipinski definition) is 4. The van der Waals surface area contributed by atoms with E-state index in [1.807, 2.05) is 13.8 Å².